The Kier molecular flexibility index (Phi) is 5.53. The molecule has 0 saturated carbocycles. The van der Waals surface area contributed by atoms with E-state index in [4.69, 9.17) is 9.94 Å². The van der Waals surface area contributed by atoms with Crippen molar-refractivity contribution in [2.75, 3.05) is 5.32 Å². The number of hydrogen-bond acceptors (Lipinski definition) is 4. The van der Waals surface area contributed by atoms with Crippen molar-refractivity contribution in [3.8, 4) is 0 Å². The molecule has 1 aromatic heterocycles. The molecule has 0 radical (unpaired) electrons. The molecule has 7 nitrogen and oxygen atoms in total. The third kappa shape index (κ3) is 4.52. The van der Waals surface area contributed by atoms with E-state index < -0.39 is 23.9 Å². The number of carbonyl (C=O) groups is 1. The number of benzene rings is 1. The van der Waals surface area contributed by atoms with Gasteiger partial charge in [0.2, 0.25) is 0 Å². The molecule has 10 heteroatoms. The molecule has 0 aliphatic rings. The minimum absolute atomic E-state index is 0.203. The topological polar surface area (TPSA) is 88.7 Å². The van der Waals surface area contributed by atoms with E-state index in [1.54, 1.807) is 20.9 Å². The average molecular weight is 370 g/mol. The Balaban J connectivity index is 2.15. The molecule has 0 aliphatic heterocycles. The Bertz CT molecular complexity index is 831. The van der Waals surface area contributed by atoms with Crippen molar-refractivity contribution in [3.63, 3.8) is 0 Å². The molecule has 1 amide bonds. The molecule has 1 atom stereocenters. The molecule has 26 heavy (non-hydrogen) atoms. The van der Waals surface area contributed by atoms with Gasteiger partial charge in [-0.3, -0.25) is 10.00 Å². The van der Waals surface area contributed by atoms with E-state index in [-0.39, 0.29) is 5.82 Å². The number of hydrogen-bond donors (Lipinski definition) is 2. The average Bonchev–Trinajstić information content (AvgIpc) is 2.80. The highest BCUT2D eigenvalue weighted by Gasteiger charge is 2.30. The maximum Gasteiger partial charge on any atom is 0.416 e. The highest BCUT2D eigenvalue weighted by Crippen LogP contribution is 2.31. The van der Waals surface area contributed by atoms with E-state index in [0.29, 0.717) is 16.8 Å². The molecule has 2 N–H and O–H groups in total. The van der Waals surface area contributed by atoms with Crippen LogP contribution in [0.2, 0.25) is 0 Å². The fourth-order valence-corrected chi connectivity index (χ4v) is 2.28. The van der Waals surface area contributed by atoms with Crippen LogP contribution in [0.15, 0.2) is 29.4 Å². The summed E-state index contributed by atoms with van der Waals surface area (Å²) in [6.07, 6.45) is -5.18. The first-order chi connectivity index (χ1) is 12.1. The predicted octanol–water partition coefficient (Wildman–Crippen LogP) is 3.95. The molecular formula is C16H17F3N4O3. The number of halogens is 3. The normalized spacial score (nSPS) is 13.0. The Morgan fingerprint density at radius 2 is 2.15 bits per heavy atom. The fourth-order valence-electron chi connectivity index (χ4n) is 2.28. The first kappa shape index (κ1) is 19.3. The van der Waals surface area contributed by atoms with Gasteiger partial charge >= 0.3 is 12.3 Å². The van der Waals surface area contributed by atoms with Crippen LogP contribution in [-0.4, -0.2) is 27.2 Å². The zero-order valence-corrected chi connectivity index (χ0v) is 14.2. The van der Waals surface area contributed by atoms with Gasteiger partial charge < -0.3 is 9.94 Å². The van der Waals surface area contributed by atoms with Crippen LogP contribution in [0, 0.1) is 6.92 Å². The molecule has 1 unspecified atom stereocenters. The van der Waals surface area contributed by atoms with E-state index in [0.717, 1.165) is 12.1 Å². The number of oxime groups is 1. The van der Waals surface area contributed by atoms with E-state index in [2.05, 4.69) is 15.6 Å². The molecule has 0 saturated heterocycles. The summed E-state index contributed by atoms with van der Waals surface area (Å²) in [5, 5.41) is 18.9. The minimum atomic E-state index is -4.44. The summed E-state index contributed by atoms with van der Waals surface area (Å²) < 4.78 is 39.6. The quantitative estimate of drug-likeness (QED) is 0.616. The van der Waals surface area contributed by atoms with Gasteiger partial charge in [0, 0.05) is 7.05 Å². The Morgan fingerprint density at radius 1 is 1.46 bits per heavy atom. The molecular weight excluding hydrogens is 353 g/mol. The second kappa shape index (κ2) is 7.46. The number of nitrogens with one attached hydrogen (secondary N) is 1. The SMILES string of the molecule is Cc1nn(C)c(NC(=O)O)c1C=NOC(C)c1cccc(C(F)(F)F)c1. The van der Waals surface area contributed by atoms with Crippen molar-refractivity contribution in [2.24, 2.45) is 12.2 Å². The molecule has 0 aliphatic carbocycles. The number of anilines is 1. The lowest BCUT2D eigenvalue weighted by molar-refractivity contribution is -0.137. The Morgan fingerprint density at radius 3 is 2.77 bits per heavy atom. The lowest BCUT2D eigenvalue weighted by atomic mass is 10.1. The molecule has 140 valence electrons. The van der Waals surface area contributed by atoms with Crippen molar-refractivity contribution >= 4 is 18.1 Å². The lowest BCUT2D eigenvalue weighted by Crippen LogP contribution is -2.12. The number of aromatic nitrogens is 2. The summed E-state index contributed by atoms with van der Waals surface area (Å²) in [6, 6.07) is 4.76. The van der Waals surface area contributed by atoms with E-state index in [9.17, 15) is 18.0 Å². The first-order valence-corrected chi connectivity index (χ1v) is 7.49. The molecule has 2 rings (SSSR count). The Hall–Kier alpha value is -3.04. The predicted molar refractivity (Wildman–Crippen MR) is 88.1 cm³/mol. The van der Waals surface area contributed by atoms with Gasteiger partial charge in [0.1, 0.15) is 11.9 Å². The van der Waals surface area contributed by atoms with Crippen molar-refractivity contribution in [1.29, 1.82) is 0 Å². The van der Waals surface area contributed by atoms with Gasteiger partial charge in [-0.2, -0.15) is 18.3 Å². The van der Waals surface area contributed by atoms with Gasteiger partial charge in [-0.1, -0.05) is 17.3 Å². The van der Waals surface area contributed by atoms with Crippen LogP contribution in [0.5, 0.6) is 0 Å². The number of aryl methyl sites for hydroxylation is 2. The summed E-state index contributed by atoms with van der Waals surface area (Å²) in [6.45, 7) is 3.21. The fraction of sp³-hybridized carbons (Fsp3) is 0.312. The smallest absolute Gasteiger partial charge is 0.416 e. The summed E-state index contributed by atoms with van der Waals surface area (Å²) in [5.41, 5.74) is 0.440. The first-order valence-electron chi connectivity index (χ1n) is 7.49. The highest BCUT2D eigenvalue weighted by atomic mass is 19.4. The second-order valence-electron chi connectivity index (χ2n) is 5.51. The summed E-state index contributed by atoms with van der Waals surface area (Å²) in [4.78, 5) is 16.1. The van der Waals surface area contributed by atoms with Crippen molar-refractivity contribution < 1.29 is 27.9 Å². The van der Waals surface area contributed by atoms with Gasteiger partial charge in [-0.05, 0) is 31.5 Å². The van der Waals surface area contributed by atoms with E-state index in [1.807, 2.05) is 0 Å². The third-order valence-corrected chi connectivity index (χ3v) is 3.58. The number of rotatable bonds is 5. The van der Waals surface area contributed by atoms with Gasteiger partial charge in [0.15, 0.2) is 0 Å². The number of nitrogens with zero attached hydrogens (tertiary/aromatic N) is 3. The standard InChI is InChI=1S/C16H17F3N4O3/c1-9-13(14(21-15(24)25)23(3)22-9)8-20-26-10(2)11-5-4-6-12(7-11)16(17,18)19/h4-8,10,21H,1-3H3,(H,24,25). The van der Waals surface area contributed by atoms with Gasteiger partial charge in [0.25, 0.3) is 0 Å². The largest absolute Gasteiger partial charge is 0.465 e. The maximum absolute atomic E-state index is 12.8. The van der Waals surface area contributed by atoms with Crippen LogP contribution in [0.25, 0.3) is 0 Å². The van der Waals surface area contributed by atoms with Crippen LogP contribution in [0.4, 0.5) is 23.8 Å². The molecule has 0 bridgehead atoms. The van der Waals surface area contributed by atoms with Crippen LogP contribution in [0.1, 0.15) is 35.4 Å². The van der Waals surface area contributed by atoms with Crippen LogP contribution in [0.3, 0.4) is 0 Å². The van der Waals surface area contributed by atoms with Crippen LogP contribution in [-0.2, 0) is 18.1 Å². The summed E-state index contributed by atoms with van der Waals surface area (Å²) in [7, 11) is 1.56. The van der Waals surface area contributed by atoms with Crippen molar-refractivity contribution in [2.45, 2.75) is 26.1 Å². The summed E-state index contributed by atoms with van der Waals surface area (Å²) in [5.74, 6) is 0.203. The highest BCUT2D eigenvalue weighted by molar-refractivity contribution is 5.93. The van der Waals surface area contributed by atoms with Gasteiger partial charge in [-0.25, -0.2) is 4.79 Å². The van der Waals surface area contributed by atoms with Crippen LogP contribution < -0.4 is 5.32 Å². The summed E-state index contributed by atoms with van der Waals surface area (Å²) >= 11 is 0. The van der Waals surface area contributed by atoms with E-state index in [1.165, 1.54) is 23.0 Å². The van der Waals surface area contributed by atoms with E-state index >= 15 is 0 Å². The van der Waals surface area contributed by atoms with Crippen LogP contribution >= 0.6 is 0 Å². The number of alkyl halides is 3. The lowest BCUT2D eigenvalue weighted by Gasteiger charge is -2.13. The molecule has 0 spiro atoms. The van der Waals surface area contributed by atoms with Crippen molar-refractivity contribution in [3.05, 3.63) is 46.6 Å². The third-order valence-electron chi connectivity index (χ3n) is 3.58. The van der Waals surface area contributed by atoms with Gasteiger partial charge in [-0.15, -0.1) is 0 Å². The molecule has 1 heterocycles. The molecule has 0 fully saturated rings. The minimum Gasteiger partial charge on any atom is -0.465 e. The zero-order valence-electron chi connectivity index (χ0n) is 14.2. The Labute approximate surface area is 147 Å². The molecule has 1 aromatic carbocycles. The number of carboxylic acid groups (broad SMARTS) is 1. The van der Waals surface area contributed by atoms with Gasteiger partial charge in [0.05, 0.1) is 23.0 Å². The van der Waals surface area contributed by atoms with Crippen molar-refractivity contribution in [1.82, 2.24) is 9.78 Å². The monoisotopic (exact) mass is 370 g/mol. The number of amides is 1. The maximum atomic E-state index is 12.8. The second-order valence-corrected chi connectivity index (χ2v) is 5.51. The zero-order chi connectivity index (χ0) is 19.5. The molecule has 2 aromatic rings.